The van der Waals surface area contributed by atoms with Gasteiger partial charge in [0, 0.05) is 51.1 Å². The van der Waals surface area contributed by atoms with Gasteiger partial charge in [-0.2, -0.15) is 0 Å². The summed E-state index contributed by atoms with van der Waals surface area (Å²) in [6.45, 7) is 3.37. The highest BCUT2D eigenvalue weighted by molar-refractivity contribution is 5.77. The smallest absolute Gasteiger partial charge is 0.271 e. The van der Waals surface area contributed by atoms with Gasteiger partial charge in [-0.3, -0.25) is 14.9 Å². The minimum Gasteiger partial charge on any atom is -0.382 e. The molecule has 1 aromatic rings. The van der Waals surface area contributed by atoms with E-state index in [1.165, 1.54) is 6.07 Å². The molecule has 0 aliphatic carbocycles. The van der Waals surface area contributed by atoms with E-state index in [9.17, 15) is 14.9 Å². The van der Waals surface area contributed by atoms with Gasteiger partial charge < -0.3 is 19.3 Å². The molecule has 1 aliphatic rings. The Hall–Kier alpha value is -2.19. The van der Waals surface area contributed by atoms with Crippen LogP contribution in [0.15, 0.2) is 24.3 Å². The van der Waals surface area contributed by atoms with Crippen molar-refractivity contribution in [3.05, 3.63) is 34.4 Å². The summed E-state index contributed by atoms with van der Waals surface area (Å²) < 4.78 is 10.1. The molecule has 0 N–H and O–H groups in total. The number of nitrogens with zero attached hydrogens (tertiary/aromatic N) is 3. The van der Waals surface area contributed by atoms with E-state index in [2.05, 4.69) is 0 Å². The molecule has 8 heteroatoms. The predicted molar refractivity (Wildman–Crippen MR) is 84.6 cm³/mol. The second-order valence-corrected chi connectivity index (χ2v) is 5.19. The van der Waals surface area contributed by atoms with Crippen LogP contribution in [0.5, 0.6) is 0 Å². The van der Waals surface area contributed by atoms with E-state index in [4.69, 9.17) is 9.47 Å². The molecule has 0 radical (unpaired) electrons. The van der Waals surface area contributed by atoms with Gasteiger partial charge >= 0.3 is 0 Å². The van der Waals surface area contributed by atoms with Crippen molar-refractivity contribution in [1.82, 2.24) is 4.90 Å². The Balaban J connectivity index is 1.82. The number of hydrogen-bond donors (Lipinski definition) is 0. The molecule has 1 saturated heterocycles. The molecule has 1 aromatic carbocycles. The van der Waals surface area contributed by atoms with Gasteiger partial charge in [0.1, 0.15) is 6.61 Å². The fourth-order valence-corrected chi connectivity index (χ4v) is 2.41. The molecule has 0 saturated carbocycles. The molecule has 23 heavy (non-hydrogen) atoms. The fraction of sp³-hybridized carbons (Fsp3) is 0.533. The number of non-ortho nitro benzene ring substituents is 1. The standard InChI is InChI=1S/C15H21N3O5/c1-22-9-10-23-12-15(19)17-7-5-16(6-8-17)13-3-2-4-14(11-13)18(20)21/h2-4,11H,5-10,12H2,1H3. The van der Waals surface area contributed by atoms with E-state index >= 15 is 0 Å². The van der Waals surface area contributed by atoms with Crippen molar-refractivity contribution in [2.45, 2.75) is 0 Å². The highest BCUT2D eigenvalue weighted by atomic mass is 16.6. The number of carbonyl (C=O) groups is 1. The summed E-state index contributed by atoms with van der Waals surface area (Å²) >= 11 is 0. The first-order chi connectivity index (χ1) is 11.1. The molecule has 0 aromatic heterocycles. The molecule has 1 fully saturated rings. The maximum absolute atomic E-state index is 12.0. The second-order valence-electron chi connectivity index (χ2n) is 5.19. The molecule has 8 nitrogen and oxygen atoms in total. The molecule has 0 bridgehead atoms. The summed E-state index contributed by atoms with van der Waals surface area (Å²) in [5.41, 5.74) is 0.884. The summed E-state index contributed by atoms with van der Waals surface area (Å²) in [5, 5.41) is 10.8. The summed E-state index contributed by atoms with van der Waals surface area (Å²) in [6, 6.07) is 6.55. The van der Waals surface area contributed by atoms with Crippen LogP contribution in [0.2, 0.25) is 0 Å². The number of carbonyl (C=O) groups excluding carboxylic acids is 1. The predicted octanol–water partition coefficient (Wildman–Crippen LogP) is 0.906. The first-order valence-corrected chi connectivity index (χ1v) is 7.45. The monoisotopic (exact) mass is 323 g/mol. The Kier molecular flexibility index (Phi) is 6.30. The number of nitro groups is 1. The topological polar surface area (TPSA) is 85.2 Å². The van der Waals surface area contributed by atoms with Gasteiger partial charge in [-0.05, 0) is 6.07 Å². The normalized spacial score (nSPS) is 14.8. The highest BCUT2D eigenvalue weighted by Gasteiger charge is 2.22. The van der Waals surface area contributed by atoms with Gasteiger partial charge in [-0.1, -0.05) is 6.07 Å². The average molecular weight is 323 g/mol. The van der Waals surface area contributed by atoms with Gasteiger partial charge in [-0.15, -0.1) is 0 Å². The van der Waals surface area contributed by atoms with E-state index in [0.29, 0.717) is 39.4 Å². The largest absolute Gasteiger partial charge is 0.382 e. The van der Waals surface area contributed by atoms with Crippen LogP contribution in [0, 0.1) is 10.1 Å². The van der Waals surface area contributed by atoms with Crippen molar-refractivity contribution in [2.24, 2.45) is 0 Å². The third-order valence-electron chi connectivity index (χ3n) is 3.70. The SMILES string of the molecule is COCCOCC(=O)N1CCN(c2cccc([N+](=O)[O-])c2)CC1. The van der Waals surface area contributed by atoms with Crippen molar-refractivity contribution >= 4 is 17.3 Å². The Morgan fingerprint density at radius 3 is 2.65 bits per heavy atom. The zero-order chi connectivity index (χ0) is 16.7. The molecule has 0 atom stereocenters. The highest BCUT2D eigenvalue weighted by Crippen LogP contribution is 2.22. The molecule has 0 spiro atoms. The fourth-order valence-electron chi connectivity index (χ4n) is 2.41. The lowest BCUT2D eigenvalue weighted by Crippen LogP contribution is -2.49. The maximum Gasteiger partial charge on any atom is 0.271 e. The van der Waals surface area contributed by atoms with Crippen LogP contribution in [-0.4, -0.2) is 68.8 Å². The van der Waals surface area contributed by atoms with E-state index < -0.39 is 4.92 Å². The minimum absolute atomic E-state index is 0.0419. The summed E-state index contributed by atoms with van der Waals surface area (Å²) in [6.07, 6.45) is 0. The summed E-state index contributed by atoms with van der Waals surface area (Å²) in [5.74, 6) is -0.0419. The number of benzene rings is 1. The van der Waals surface area contributed by atoms with Crippen LogP contribution in [-0.2, 0) is 14.3 Å². The van der Waals surface area contributed by atoms with Crippen LogP contribution in [0.4, 0.5) is 11.4 Å². The number of methoxy groups -OCH3 is 1. The van der Waals surface area contributed by atoms with Crippen molar-refractivity contribution in [1.29, 1.82) is 0 Å². The molecule has 1 aliphatic heterocycles. The van der Waals surface area contributed by atoms with Gasteiger partial charge in [0.25, 0.3) is 5.69 Å². The van der Waals surface area contributed by atoms with E-state index in [-0.39, 0.29) is 18.2 Å². The minimum atomic E-state index is -0.402. The Morgan fingerprint density at radius 2 is 2.00 bits per heavy atom. The van der Waals surface area contributed by atoms with Crippen LogP contribution in [0.25, 0.3) is 0 Å². The van der Waals surface area contributed by atoms with Gasteiger partial charge in [0.05, 0.1) is 18.1 Å². The zero-order valence-electron chi connectivity index (χ0n) is 13.1. The number of nitro benzene ring substituents is 1. The zero-order valence-corrected chi connectivity index (χ0v) is 13.1. The van der Waals surface area contributed by atoms with Gasteiger partial charge in [-0.25, -0.2) is 0 Å². The molecular weight excluding hydrogens is 302 g/mol. The lowest BCUT2D eigenvalue weighted by atomic mass is 10.2. The number of rotatable bonds is 7. The van der Waals surface area contributed by atoms with Gasteiger partial charge in [0.2, 0.25) is 5.91 Å². The van der Waals surface area contributed by atoms with Gasteiger partial charge in [0.15, 0.2) is 0 Å². The van der Waals surface area contributed by atoms with E-state index in [1.807, 2.05) is 11.0 Å². The lowest BCUT2D eigenvalue weighted by Gasteiger charge is -2.36. The molecule has 2 rings (SSSR count). The van der Waals surface area contributed by atoms with Crippen molar-refractivity contribution in [3.63, 3.8) is 0 Å². The van der Waals surface area contributed by atoms with Crippen LogP contribution >= 0.6 is 0 Å². The first-order valence-electron chi connectivity index (χ1n) is 7.45. The second kappa shape index (κ2) is 8.44. The number of amides is 1. The maximum atomic E-state index is 12.0. The Labute approximate surface area is 134 Å². The molecule has 1 amide bonds. The third kappa shape index (κ3) is 4.90. The number of ether oxygens (including phenoxy) is 2. The molecule has 0 unspecified atom stereocenters. The molecular formula is C15H21N3O5. The van der Waals surface area contributed by atoms with Crippen molar-refractivity contribution in [2.75, 3.05) is 58.0 Å². The average Bonchev–Trinajstić information content (AvgIpc) is 2.59. The van der Waals surface area contributed by atoms with Crippen LogP contribution < -0.4 is 4.90 Å². The molecule has 126 valence electrons. The third-order valence-corrected chi connectivity index (χ3v) is 3.70. The number of piperazine rings is 1. The number of anilines is 1. The quantitative estimate of drug-likeness (QED) is 0.421. The van der Waals surface area contributed by atoms with Crippen molar-refractivity contribution < 1.29 is 19.2 Å². The van der Waals surface area contributed by atoms with E-state index in [0.717, 1.165) is 5.69 Å². The Bertz CT molecular complexity index is 544. The van der Waals surface area contributed by atoms with Crippen LogP contribution in [0.3, 0.4) is 0 Å². The summed E-state index contributed by atoms with van der Waals surface area (Å²) in [4.78, 5) is 26.2. The van der Waals surface area contributed by atoms with E-state index in [1.54, 1.807) is 24.1 Å². The number of hydrogen-bond acceptors (Lipinski definition) is 6. The lowest BCUT2D eigenvalue weighted by molar-refractivity contribution is -0.384. The first kappa shape index (κ1) is 17.2. The Morgan fingerprint density at radius 1 is 1.26 bits per heavy atom. The van der Waals surface area contributed by atoms with Crippen molar-refractivity contribution in [3.8, 4) is 0 Å². The molecule has 1 heterocycles. The summed E-state index contributed by atoms with van der Waals surface area (Å²) in [7, 11) is 1.58. The van der Waals surface area contributed by atoms with Crippen LogP contribution in [0.1, 0.15) is 0 Å².